The van der Waals surface area contributed by atoms with Gasteiger partial charge in [0.25, 0.3) is 11.6 Å². The molecule has 3 aromatic carbocycles. The summed E-state index contributed by atoms with van der Waals surface area (Å²) in [7, 11) is 0. The van der Waals surface area contributed by atoms with E-state index < -0.39 is 4.92 Å². The van der Waals surface area contributed by atoms with E-state index in [4.69, 9.17) is 21.3 Å². The summed E-state index contributed by atoms with van der Waals surface area (Å²) >= 11 is 11.8. The number of nitro groups is 1. The van der Waals surface area contributed by atoms with Crippen molar-refractivity contribution in [3.63, 3.8) is 0 Å². The average molecular weight is 774 g/mol. The average Bonchev–Trinajstić information content (AvgIpc) is 3.13. The molecular weight excluding hydrogens is 752 g/mol. The van der Waals surface area contributed by atoms with E-state index in [0.717, 1.165) is 18.4 Å². The van der Waals surface area contributed by atoms with Crippen LogP contribution in [0, 0.1) is 23.2 Å². The number of hydrogen-bond acceptors (Lipinski definition) is 6. The van der Waals surface area contributed by atoms with Crippen LogP contribution in [-0.4, -0.2) is 27.4 Å². The van der Waals surface area contributed by atoms with Crippen LogP contribution in [0.1, 0.15) is 25.0 Å². The summed E-state index contributed by atoms with van der Waals surface area (Å²) < 4.78 is 7.76. The van der Waals surface area contributed by atoms with E-state index in [2.05, 4.69) is 59.0 Å². The van der Waals surface area contributed by atoms with Crippen molar-refractivity contribution >= 4 is 97.1 Å². The smallest absolute Gasteiger partial charge is 0.269 e. The predicted molar refractivity (Wildman–Crippen MR) is 170 cm³/mol. The van der Waals surface area contributed by atoms with Gasteiger partial charge >= 0.3 is 0 Å². The van der Waals surface area contributed by atoms with Gasteiger partial charge in [0.1, 0.15) is 12.4 Å². The lowest BCUT2D eigenvalue weighted by atomic mass is 10.2. The van der Waals surface area contributed by atoms with Crippen LogP contribution in [0.3, 0.4) is 0 Å². The van der Waals surface area contributed by atoms with Crippen LogP contribution in [0.5, 0.6) is 5.75 Å². The first-order chi connectivity index (χ1) is 18.1. The quantitative estimate of drug-likeness (QED) is 0.0996. The Hall–Kier alpha value is -2.16. The van der Waals surface area contributed by atoms with Gasteiger partial charge in [-0.2, -0.15) is 0 Å². The van der Waals surface area contributed by atoms with Gasteiger partial charge in [0.05, 0.1) is 22.7 Å². The third-order valence-electron chi connectivity index (χ3n) is 5.31. The monoisotopic (exact) mass is 773 g/mol. The molecule has 0 radical (unpaired) electrons. The Bertz CT molecular complexity index is 1420. The van der Waals surface area contributed by atoms with E-state index in [1.165, 1.54) is 23.9 Å². The molecule has 38 heavy (non-hydrogen) atoms. The van der Waals surface area contributed by atoms with Crippen molar-refractivity contribution in [1.29, 1.82) is 0 Å². The van der Waals surface area contributed by atoms with Crippen molar-refractivity contribution in [2.24, 2.45) is 10.9 Å². The third-order valence-corrected chi connectivity index (χ3v) is 8.17. The molecule has 3 aromatic rings. The van der Waals surface area contributed by atoms with Crippen molar-refractivity contribution in [2.45, 2.75) is 20.5 Å². The second-order valence-electron chi connectivity index (χ2n) is 8.82. The van der Waals surface area contributed by atoms with Crippen LogP contribution < -0.4 is 4.74 Å². The Morgan fingerprint density at radius 1 is 1.13 bits per heavy atom. The van der Waals surface area contributed by atoms with Crippen molar-refractivity contribution in [3.8, 4) is 5.75 Å². The molecule has 1 heterocycles. The van der Waals surface area contributed by atoms with Crippen molar-refractivity contribution < 1.29 is 14.5 Å². The van der Waals surface area contributed by atoms with E-state index in [0.29, 0.717) is 33.0 Å². The number of thioether (sulfide) groups is 1. The summed E-state index contributed by atoms with van der Waals surface area (Å²) in [6.07, 6.45) is 1.87. The van der Waals surface area contributed by atoms with Crippen LogP contribution in [-0.2, 0) is 11.4 Å². The summed E-state index contributed by atoms with van der Waals surface area (Å²) in [5, 5.41) is 12.3. The fourth-order valence-corrected chi connectivity index (χ4v) is 6.87. The van der Waals surface area contributed by atoms with Crippen molar-refractivity contribution in [3.05, 3.63) is 99.0 Å². The molecule has 0 aliphatic carbocycles. The molecule has 0 spiro atoms. The molecular formula is C27H22ClI2N3O4S. The van der Waals surface area contributed by atoms with Crippen LogP contribution in [0.4, 0.5) is 11.4 Å². The van der Waals surface area contributed by atoms with Gasteiger partial charge in [0.15, 0.2) is 5.17 Å². The number of rotatable bonds is 8. The molecule has 1 aliphatic rings. The number of nitrogens with zero attached hydrogens (tertiary/aromatic N) is 3. The lowest BCUT2D eigenvalue weighted by Crippen LogP contribution is -2.32. The Labute approximate surface area is 257 Å². The first-order valence-electron chi connectivity index (χ1n) is 11.5. The largest absolute Gasteiger partial charge is 0.487 e. The van der Waals surface area contributed by atoms with Crippen molar-refractivity contribution in [2.75, 3.05) is 6.54 Å². The molecule has 0 aromatic heterocycles. The Balaban J connectivity index is 1.57. The molecule has 0 unspecified atom stereocenters. The molecule has 0 atom stereocenters. The maximum Gasteiger partial charge on any atom is 0.269 e. The molecule has 1 saturated heterocycles. The summed E-state index contributed by atoms with van der Waals surface area (Å²) in [6, 6.07) is 17.5. The number of amidine groups is 1. The number of halogens is 3. The molecule has 11 heteroatoms. The third kappa shape index (κ3) is 7.27. The Kier molecular flexibility index (Phi) is 9.71. The molecule has 7 nitrogen and oxygen atoms in total. The fraction of sp³-hybridized carbons (Fsp3) is 0.185. The number of benzene rings is 3. The fourth-order valence-electron chi connectivity index (χ4n) is 3.61. The number of amides is 1. The van der Waals surface area contributed by atoms with Gasteiger partial charge in [-0.05, 0) is 116 Å². The molecule has 1 fully saturated rings. The zero-order valence-corrected chi connectivity index (χ0v) is 26.2. The summed E-state index contributed by atoms with van der Waals surface area (Å²) in [5.74, 6) is 0.891. The van der Waals surface area contributed by atoms with Crippen LogP contribution in [0.2, 0.25) is 5.02 Å². The summed E-state index contributed by atoms with van der Waals surface area (Å²) in [6.45, 7) is 4.90. The van der Waals surface area contributed by atoms with Gasteiger partial charge in [-0.1, -0.05) is 37.6 Å². The van der Waals surface area contributed by atoms with Gasteiger partial charge in [0.2, 0.25) is 0 Å². The highest BCUT2D eigenvalue weighted by molar-refractivity contribution is 14.1. The van der Waals surface area contributed by atoms with Gasteiger partial charge in [-0.25, -0.2) is 4.99 Å². The van der Waals surface area contributed by atoms with E-state index >= 15 is 0 Å². The number of non-ortho nitro benzene ring substituents is 1. The number of aliphatic imine (C=N–C) groups is 1. The lowest BCUT2D eigenvalue weighted by Gasteiger charge is -2.17. The minimum atomic E-state index is -0.421. The molecule has 196 valence electrons. The molecule has 0 saturated carbocycles. The highest BCUT2D eigenvalue weighted by Gasteiger charge is 2.33. The standard InChI is InChI=1S/C27H22ClI2N3O4S/c1-16(2)14-32-26(34)24(38-27(32)31-20-8-6-19(28)7-9-20)13-18-11-22(29)25(23(30)12-18)37-15-17-4-3-5-21(10-17)33(35)36/h3-13,16H,14-15H2,1-2H3/b24-13-,31-27?. The number of carbonyl (C=O) groups is 1. The number of carbonyl (C=O) groups excluding carboxylic acids is 1. The Morgan fingerprint density at radius 3 is 2.45 bits per heavy atom. The van der Waals surface area contributed by atoms with E-state index in [-0.39, 0.29) is 24.1 Å². The topological polar surface area (TPSA) is 85.0 Å². The second kappa shape index (κ2) is 12.8. The molecule has 4 rings (SSSR count). The molecule has 1 aliphatic heterocycles. The van der Waals surface area contributed by atoms with E-state index in [1.807, 2.05) is 30.3 Å². The minimum Gasteiger partial charge on any atom is -0.487 e. The minimum absolute atomic E-state index is 0.0293. The van der Waals surface area contributed by atoms with Gasteiger partial charge in [-0.15, -0.1) is 0 Å². The first kappa shape index (κ1) is 28.8. The zero-order valence-electron chi connectivity index (χ0n) is 20.4. The van der Waals surface area contributed by atoms with Crippen LogP contribution in [0.25, 0.3) is 6.08 Å². The SMILES string of the molecule is CC(C)CN1C(=O)/C(=C/c2cc(I)c(OCc3cccc([N+](=O)[O-])c3)c(I)c2)SC1=Nc1ccc(Cl)cc1. The first-order valence-corrected chi connectivity index (χ1v) is 14.9. The summed E-state index contributed by atoms with van der Waals surface area (Å²) in [5.41, 5.74) is 2.34. The lowest BCUT2D eigenvalue weighted by molar-refractivity contribution is -0.384. The molecule has 0 bridgehead atoms. The predicted octanol–water partition coefficient (Wildman–Crippen LogP) is 8.30. The highest BCUT2D eigenvalue weighted by atomic mass is 127. The van der Waals surface area contributed by atoms with E-state index in [1.54, 1.807) is 29.2 Å². The number of nitro benzene ring substituents is 1. The molecule has 0 N–H and O–H groups in total. The maximum absolute atomic E-state index is 13.3. The highest BCUT2D eigenvalue weighted by Crippen LogP contribution is 2.37. The summed E-state index contributed by atoms with van der Waals surface area (Å²) in [4.78, 5) is 31.0. The number of hydrogen-bond donors (Lipinski definition) is 0. The van der Waals surface area contributed by atoms with Gasteiger partial charge in [0, 0.05) is 23.7 Å². The maximum atomic E-state index is 13.3. The molecule has 1 amide bonds. The van der Waals surface area contributed by atoms with E-state index in [9.17, 15) is 14.9 Å². The Morgan fingerprint density at radius 2 is 1.82 bits per heavy atom. The van der Waals surface area contributed by atoms with Crippen molar-refractivity contribution in [1.82, 2.24) is 4.90 Å². The normalized spacial score (nSPS) is 15.6. The van der Waals surface area contributed by atoms with Crippen LogP contribution >= 0.6 is 68.5 Å². The van der Waals surface area contributed by atoms with Gasteiger partial charge < -0.3 is 4.74 Å². The van der Waals surface area contributed by atoms with Gasteiger partial charge in [-0.3, -0.25) is 19.8 Å². The van der Waals surface area contributed by atoms with Crippen LogP contribution in [0.15, 0.2) is 70.6 Å². The zero-order chi connectivity index (χ0) is 27.4. The number of ether oxygens (including phenoxy) is 1. The second-order valence-corrected chi connectivity index (χ2v) is 12.6.